The van der Waals surface area contributed by atoms with Crippen LogP contribution in [0.4, 0.5) is 0 Å². The number of carbonyl (C=O) groups is 2. The Labute approximate surface area is 213 Å². The predicted molar refractivity (Wildman–Crippen MR) is 135 cm³/mol. The number of rotatable bonds is 7. The van der Waals surface area contributed by atoms with Gasteiger partial charge in [-0.05, 0) is 62.2 Å². The van der Waals surface area contributed by atoms with Gasteiger partial charge in [-0.3, -0.25) is 4.79 Å². The molecule has 1 aliphatic heterocycles. The van der Waals surface area contributed by atoms with Gasteiger partial charge in [0, 0.05) is 6.54 Å². The number of aromatic nitrogens is 1. The van der Waals surface area contributed by atoms with E-state index in [0.29, 0.717) is 39.2 Å². The highest BCUT2D eigenvalue weighted by Crippen LogP contribution is 2.28. The molecular weight excluding hydrogens is 502 g/mol. The molecule has 0 aliphatic carbocycles. The topological polar surface area (TPSA) is 107 Å². The van der Waals surface area contributed by atoms with E-state index in [1.807, 2.05) is 0 Å². The highest BCUT2D eigenvalue weighted by Gasteiger charge is 2.39. The predicted octanol–water partition coefficient (Wildman–Crippen LogP) is 2.80. The van der Waals surface area contributed by atoms with E-state index in [2.05, 4.69) is 10.9 Å². The SMILES string of the molecule is C#CCn1c(=NC(=O)C2CCCN2S(=O)(=O)c2ccc(OC)cc2)sc2cc(C(=O)OCC)ccc21. The van der Waals surface area contributed by atoms with Crippen LogP contribution < -0.4 is 9.54 Å². The monoisotopic (exact) mass is 527 g/mol. The number of fused-ring (bicyclic) bond motifs is 1. The summed E-state index contributed by atoms with van der Waals surface area (Å²) in [5, 5.41) is 0. The first kappa shape index (κ1) is 25.6. The molecule has 0 saturated carbocycles. The normalized spacial score (nSPS) is 16.7. The van der Waals surface area contributed by atoms with Crippen LogP contribution in [0, 0.1) is 12.3 Å². The van der Waals surface area contributed by atoms with Crippen LogP contribution in [-0.2, 0) is 26.1 Å². The molecule has 188 valence electrons. The van der Waals surface area contributed by atoms with Crippen molar-refractivity contribution in [2.45, 2.75) is 37.2 Å². The number of amides is 1. The minimum atomic E-state index is -3.91. The van der Waals surface area contributed by atoms with Crippen molar-refractivity contribution >= 4 is 43.5 Å². The standard InChI is InChI=1S/C25H25N3O6S2/c1-4-14-27-20-13-8-17(24(30)34-5-2)16-22(20)35-25(27)26-23(29)21-7-6-15-28(21)36(31,32)19-11-9-18(33-3)10-12-19/h1,8-13,16,21H,5-7,14-15H2,2-3H3. The lowest BCUT2D eigenvalue weighted by Gasteiger charge is -2.21. The van der Waals surface area contributed by atoms with Crippen molar-refractivity contribution in [2.75, 3.05) is 20.3 Å². The van der Waals surface area contributed by atoms with Gasteiger partial charge in [0.25, 0.3) is 5.91 Å². The maximum Gasteiger partial charge on any atom is 0.338 e. The van der Waals surface area contributed by atoms with E-state index >= 15 is 0 Å². The molecule has 2 aromatic carbocycles. The number of esters is 1. The summed E-state index contributed by atoms with van der Waals surface area (Å²) in [7, 11) is -2.41. The Hall–Kier alpha value is -3.46. The summed E-state index contributed by atoms with van der Waals surface area (Å²) < 4.78 is 40.3. The van der Waals surface area contributed by atoms with Crippen molar-refractivity contribution in [1.29, 1.82) is 0 Å². The highest BCUT2D eigenvalue weighted by atomic mass is 32.2. The maximum atomic E-state index is 13.3. The maximum absolute atomic E-state index is 13.3. The molecule has 1 unspecified atom stereocenters. The minimum Gasteiger partial charge on any atom is -0.497 e. The van der Waals surface area contributed by atoms with Crippen LogP contribution >= 0.6 is 11.3 Å². The Morgan fingerprint density at radius 1 is 1.22 bits per heavy atom. The molecule has 0 N–H and O–H groups in total. The number of terminal acetylenes is 1. The number of hydrogen-bond acceptors (Lipinski definition) is 7. The van der Waals surface area contributed by atoms with E-state index in [9.17, 15) is 18.0 Å². The second kappa shape index (κ2) is 10.7. The number of methoxy groups -OCH3 is 1. The second-order valence-corrected chi connectivity index (χ2v) is 10.9. The first-order valence-electron chi connectivity index (χ1n) is 11.3. The van der Waals surface area contributed by atoms with Gasteiger partial charge in [0.05, 0.1) is 40.9 Å². The molecule has 11 heteroatoms. The molecule has 0 bridgehead atoms. The van der Waals surface area contributed by atoms with Crippen LogP contribution in [0.15, 0.2) is 52.4 Å². The molecule has 3 aromatic rings. The summed E-state index contributed by atoms with van der Waals surface area (Å²) in [4.78, 5) is 30.1. The zero-order valence-electron chi connectivity index (χ0n) is 19.8. The van der Waals surface area contributed by atoms with Gasteiger partial charge in [0.15, 0.2) is 4.80 Å². The van der Waals surface area contributed by atoms with Crippen molar-refractivity contribution in [3.05, 3.63) is 52.8 Å². The summed E-state index contributed by atoms with van der Waals surface area (Å²) in [5.41, 5.74) is 1.09. The van der Waals surface area contributed by atoms with Crippen LogP contribution in [0.3, 0.4) is 0 Å². The third-order valence-corrected chi connectivity index (χ3v) is 8.77. The van der Waals surface area contributed by atoms with Crippen LogP contribution in [0.2, 0.25) is 0 Å². The summed E-state index contributed by atoms with van der Waals surface area (Å²) in [5.74, 6) is 2.08. The van der Waals surface area contributed by atoms with E-state index in [-0.39, 0.29) is 24.6 Å². The summed E-state index contributed by atoms with van der Waals surface area (Å²) in [6, 6.07) is 10.2. The lowest BCUT2D eigenvalue weighted by Crippen LogP contribution is -2.40. The Morgan fingerprint density at radius 3 is 2.64 bits per heavy atom. The number of thiazole rings is 1. The smallest absolute Gasteiger partial charge is 0.338 e. The molecule has 9 nitrogen and oxygen atoms in total. The van der Waals surface area contributed by atoms with Crippen LogP contribution in [0.25, 0.3) is 10.2 Å². The Balaban J connectivity index is 1.70. The Bertz CT molecular complexity index is 1510. The molecule has 2 heterocycles. The highest BCUT2D eigenvalue weighted by molar-refractivity contribution is 7.89. The Kier molecular flexibility index (Phi) is 7.59. The number of benzene rings is 2. The summed E-state index contributed by atoms with van der Waals surface area (Å²) >= 11 is 1.20. The molecule has 1 aromatic heterocycles. The number of carbonyl (C=O) groups excluding carboxylic acids is 2. The first-order valence-corrected chi connectivity index (χ1v) is 13.5. The van der Waals surface area contributed by atoms with Crippen molar-refractivity contribution in [2.24, 2.45) is 4.99 Å². The van der Waals surface area contributed by atoms with Crippen LogP contribution in [-0.4, -0.2) is 55.5 Å². The van der Waals surface area contributed by atoms with E-state index in [1.54, 1.807) is 41.8 Å². The third-order valence-electron chi connectivity index (χ3n) is 5.80. The van der Waals surface area contributed by atoms with Gasteiger partial charge in [-0.15, -0.1) is 6.42 Å². The fourth-order valence-electron chi connectivity index (χ4n) is 4.07. The van der Waals surface area contributed by atoms with Gasteiger partial charge in [-0.25, -0.2) is 13.2 Å². The molecule has 0 radical (unpaired) electrons. The number of ether oxygens (including phenoxy) is 2. The van der Waals surface area contributed by atoms with Gasteiger partial charge in [0.1, 0.15) is 11.8 Å². The van der Waals surface area contributed by atoms with Crippen LogP contribution in [0.5, 0.6) is 5.75 Å². The number of sulfonamides is 1. The van der Waals surface area contributed by atoms with Crippen molar-refractivity contribution in [3.8, 4) is 18.1 Å². The molecule has 1 atom stereocenters. The molecule has 4 rings (SSSR count). The Morgan fingerprint density at radius 2 is 1.97 bits per heavy atom. The minimum absolute atomic E-state index is 0.0822. The molecule has 1 aliphatic rings. The largest absolute Gasteiger partial charge is 0.497 e. The van der Waals surface area contributed by atoms with Crippen molar-refractivity contribution < 1.29 is 27.5 Å². The van der Waals surface area contributed by atoms with E-state index in [4.69, 9.17) is 15.9 Å². The van der Waals surface area contributed by atoms with E-state index in [0.717, 1.165) is 0 Å². The molecular formula is C25H25N3O6S2. The molecule has 1 fully saturated rings. The van der Waals surface area contributed by atoms with Crippen molar-refractivity contribution in [3.63, 3.8) is 0 Å². The second-order valence-electron chi connectivity index (χ2n) is 7.98. The van der Waals surface area contributed by atoms with Gasteiger partial charge in [-0.2, -0.15) is 9.30 Å². The van der Waals surface area contributed by atoms with Gasteiger partial charge in [0.2, 0.25) is 10.0 Å². The fourth-order valence-corrected chi connectivity index (χ4v) is 6.80. The molecule has 1 saturated heterocycles. The van der Waals surface area contributed by atoms with Gasteiger partial charge in [-0.1, -0.05) is 17.3 Å². The van der Waals surface area contributed by atoms with E-state index < -0.39 is 27.9 Å². The van der Waals surface area contributed by atoms with Crippen LogP contribution in [0.1, 0.15) is 30.1 Å². The average molecular weight is 528 g/mol. The average Bonchev–Trinajstić information content (AvgIpc) is 3.50. The quantitative estimate of drug-likeness (QED) is 0.346. The van der Waals surface area contributed by atoms with Gasteiger partial charge >= 0.3 is 5.97 Å². The van der Waals surface area contributed by atoms with Crippen molar-refractivity contribution in [1.82, 2.24) is 8.87 Å². The molecule has 36 heavy (non-hydrogen) atoms. The number of nitrogens with zero attached hydrogens (tertiary/aromatic N) is 3. The van der Waals surface area contributed by atoms with Gasteiger partial charge < -0.3 is 14.0 Å². The lowest BCUT2D eigenvalue weighted by atomic mass is 10.2. The summed E-state index contributed by atoms with van der Waals surface area (Å²) in [6.45, 7) is 2.36. The molecule has 0 spiro atoms. The molecule has 1 amide bonds. The first-order chi connectivity index (χ1) is 17.3. The lowest BCUT2D eigenvalue weighted by molar-refractivity contribution is -0.121. The zero-order chi connectivity index (χ0) is 25.9. The fraction of sp³-hybridized carbons (Fsp3) is 0.320. The summed E-state index contributed by atoms with van der Waals surface area (Å²) in [6.07, 6.45) is 6.46. The zero-order valence-corrected chi connectivity index (χ0v) is 21.5. The number of hydrogen-bond donors (Lipinski definition) is 0. The van der Waals surface area contributed by atoms with E-state index in [1.165, 1.54) is 34.9 Å². The third kappa shape index (κ3) is 4.93.